The zero-order valence-corrected chi connectivity index (χ0v) is 16.8. The van der Waals surface area contributed by atoms with Crippen molar-refractivity contribution in [3.63, 3.8) is 0 Å². The summed E-state index contributed by atoms with van der Waals surface area (Å²) in [6.07, 6.45) is 1.99. The zero-order valence-electron chi connectivity index (χ0n) is 16.8. The van der Waals surface area contributed by atoms with Crippen LogP contribution >= 0.6 is 0 Å². The molecule has 160 valence electrons. The summed E-state index contributed by atoms with van der Waals surface area (Å²) in [4.78, 5) is 34.6. The predicted octanol–water partition coefficient (Wildman–Crippen LogP) is 4.40. The Hall–Kier alpha value is -4.20. The molecule has 2 N–H and O–H groups in total. The number of carbonyl (C=O) groups is 2. The number of ketones is 1. The van der Waals surface area contributed by atoms with Gasteiger partial charge in [-0.15, -0.1) is 0 Å². The topological polar surface area (TPSA) is 99.4 Å². The molecule has 5 rings (SSSR count). The number of hydrogen-bond acceptors (Lipinski definition) is 5. The number of aromatic nitrogens is 2. The van der Waals surface area contributed by atoms with Crippen LogP contribution in [0.25, 0.3) is 11.0 Å². The number of aliphatic hydroxyl groups is 1. The molecule has 0 spiro atoms. The number of H-pyrrole nitrogens is 1. The molecule has 7 nitrogen and oxygen atoms in total. The second kappa shape index (κ2) is 7.81. The van der Waals surface area contributed by atoms with E-state index in [9.17, 15) is 19.1 Å². The Balaban J connectivity index is 1.52. The van der Waals surface area contributed by atoms with Crippen molar-refractivity contribution in [2.24, 2.45) is 0 Å². The van der Waals surface area contributed by atoms with Crippen molar-refractivity contribution in [2.45, 2.75) is 18.9 Å². The van der Waals surface area contributed by atoms with E-state index < -0.39 is 23.5 Å². The van der Waals surface area contributed by atoms with E-state index in [0.717, 1.165) is 5.56 Å². The van der Waals surface area contributed by atoms with Crippen molar-refractivity contribution >= 4 is 28.7 Å². The van der Waals surface area contributed by atoms with Gasteiger partial charge in [0.15, 0.2) is 11.5 Å². The highest BCUT2D eigenvalue weighted by atomic mass is 19.1. The van der Waals surface area contributed by atoms with Gasteiger partial charge in [0.2, 0.25) is 5.95 Å². The molecule has 4 aromatic rings. The standard InChI is InChI=1S/C24H18FN3O4/c25-15-9-10-16-17(13-15)27-24(26-16)28-21(19-7-4-12-32-19)20(22(30)23(28)31)18(29)11-8-14-5-2-1-3-6-14/h1-7,9-10,12-13,21,30H,8,11H2,(H,26,27). The number of hydrogen-bond donors (Lipinski definition) is 2. The van der Waals surface area contributed by atoms with Crippen molar-refractivity contribution < 1.29 is 23.5 Å². The highest BCUT2D eigenvalue weighted by Gasteiger charge is 2.46. The minimum Gasteiger partial charge on any atom is -0.503 e. The van der Waals surface area contributed by atoms with Gasteiger partial charge in [-0.25, -0.2) is 9.37 Å². The molecule has 2 aromatic carbocycles. The molecule has 1 aliphatic rings. The van der Waals surface area contributed by atoms with Crippen molar-refractivity contribution in [3.05, 3.63) is 95.4 Å². The lowest BCUT2D eigenvalue weighted by molar-refractivity contribution is -0.118. The number of carbonyl (C=O) groups excluding carboxylic acids is 2. The van der Waals surface area contributed by atoms with E-state index in [0.29, 0.717) is 23.2 Å². The van der Waals surface area contributed by atoms with Crippen LogP contribution in [0.2, 0.25) is 0 Å². The summed E-state index contributed by atoms with van der Waals surface area (Å²) in [7, 11) is 0. The van der Waals surface area contributed by atoms with Crippen LogP contribution < -0.4 is 4.90 Å². The van der Waals surface area contributed by atoms with Crippen LogP contribution in [-0.4, -0.2) is 26.8 Å². The molecule has 2 aromatic heterocycles. The van der Waals surface area contributed by atoms with Gasteiger partial charge in [-0.2, -0.15) is 0 Å². The van der Waals surface area contributed by atoms with Gasteiger partial charge < -0.3 is 14.5 Å². The van der Waals surface area contributed by atoms with Crippen LogP contribution in [0, 0.1) is 5.82 Å². The number of amides is 1. The summed E-state index contributed by atoms with van der Waals surface area (Å²) in [6.45, 7) is 0. The lowest BCUT2D eigenvalue weighted by Crippen LogP contribution is -2.31. The number of fused-ring (bicyclic) bond motifs is 1. The number of aliphatic hydroxyl groups excluding tert-OH is 1. The Bertz CT molecular complexity index is 1340. The zero-order chi connectivity index (χ0) is 22.2. The average Bonchev–Trinajstić information content (AvgIpc) is 3.51. The SMILES string of the molecule is O=C(CCc1ccccc1)C1=C(O)C(=O)N(c2nc3ccc(F)cc3[nH]2)C1c1ccco1. The molecule has 8 heteroatoms. The summed E-state index contributed by atoms with van der Waals surface area (Å²) in [5.74, 6) is -1.87. The van der Waals surface area contributed by atoms with Gasteiger partial charge in [0.25, 0.3) is 5.91 Å². The number of anilines is 1. The van der Waals surface area contributed by atoms with Gasteiger partial charge in [0.05, 0.1) is 22.9 Å². The second-order valence-corrected chi connectivity index (χ2v) is 7.49. The van der Waals surface area contributed by atoms with Gasteiger partial charge in [-0.1, -0.05) is 30.3 Å². The summed E-state index contributed by atoms with van der Waals surface area (Å²) < 4.78 is 19.1. The van der Waals surface area contributed by atoms with E-state index >= 15 is 0 Å². The van der Waals surface area contributed by atoms with E-state index in [2.05, 4.69) is 9.97 Å². The Kier molecular flexibility index (Phi) is 4.82. The highest BCUT2D eigenvalue weighted by Crippen LogP contribution is 2.41. The molecule has 0 fully saturated rings. The minimum absolute atomic E-state index is 0.0486. The quantitative estimate of drug-likeness (QED) is 0.472. The van der Waals surface area contributed by atoms with Crippen LogP contribution in [-0.2, 0) is 16.0 Å². The van der Waals surface area contributed by atoms with E-state index in [-0.39, 0.29) is 23.7 Å². The Morgan fingerprint density at radius 3 is 2.72 bits per heavy atom. The van der Waals surface area contributed by atoms with Crippen LogP contribution in [0.15, 0.2) is 82.7 Å². The summed E-state index contributed by atoms with van der Waals surface area (Å²) in [5.41, 5.74) is 1.74. The third-order valence-electron chi connectivity index (χ3n) is 5.46. The first-order chi connectivity index (χ1) is 15.5. The van der Waals surface area contributed by atoms with Gasteiger partial charge in [0.1, 0.15) is 17.6 Å². The van der Waals surface area contributed by atoms with Crippen molar-refractivity contribution in [1.29, 1.82) is 0 Å². The molecule has 1 atom stereocenters. The molecular weight excluding hydrogens is 413 g/mol. The molecule has 32 heavy (non-hydrogen) atoms. The number of Topliss-reactive ketones (excluding diaryl/α,β-unsaturated/α-hetero) is 1. The molecular formula is C24H18FN3O4. The van der Waals surface area contributed by atoms with Gasteiger partial charge in [0, 0.05) is 6.42 Å². The second-order valence-electron chi connectivity index (χ2n) is 7.49. The number of nitrogens with zero attached hydrogens (tertiary/aromatic N) is 2. The fourth-order valence-electron chi connectivity index (χ4n) is 3.94. The summed E-state index contributed by atoms with van der Waals surface area (Å²) >= 11 is 0. The normalized spacial score (nSPS) is 16.3. The van der Waals surface area contributed by atoms with Gasteiger partial charge in [-0.05, 0) is 42.3 Å². The molecule has 0 aliphatic carbocycles. The molecule has 1 unspecified atom stereocenters. The smallest absolute Gasteiger partial charge is 0.296 e. The van der Waals surface area contributed by atoms with E-state index in [1.807, 2.05) is 30.3 Å². The summed E-state index contributed by atoms with van der Waals surface area (Å²) in [5, 5.41) is 10.7. The number of imidazole rings is 1. The molecule has 0 saturated carbocycles. The first-order valence-electron chi connectivity index (χ1n) is 10.1. The fraction of sp³-hybridized carbons (Fsp3) is 0.125. The van der Waals surface area contributed by atoms with Crippen LogP contribution in [0.1, 0.15) is 23.8 Å². The van der Waals surface area contributed by atoms with Gasteiger partial charge in [-0.3, -0.25) is 14.5 Å². The maximum absolute atomic E-state index is 13.6. The number of aryl methyl sites for hydroxylation is 1. The molecule has 3 heterocycles. The molecule has 1 aliphatic heterocycles. The number of furan rings is 1. The average molecular weight is 431 g/mol. The first-order valence-corrected chi connectivity index (χ1v) is 10.1. The fourth-order valence-corrected chi connectivity index (χ4v) is 3.94. The maximum atomic E-state index is 13.6. The number of halogens is 1. The van der Waals surface area contributed by atoms with Crippen LogP contribution in [0.4, 0.5) is 10.3 Å². The third-order valence-corrected chi connectivity index (χ3v) is 5.46. The molecule has 0 bridgehead atoms. The van der Waals surface area contributed by atoms with Gasteiger partial charge >= 0.3 is 0 Å². The maximum Gasteiger partial charge on any atom is 0.296 e. The Morgan fingerprint density at radius 2 is 1.97 bits per heavy atom. The first kappa shape index (κ1) is 19.7. The lowest BCUT2D eigenvalue weighted by atomic mass is 9.96. The number of aromatic amines is 1. The van der Waals surface area contributed by atoms with E-state index in [1.54, 1.807) is 12.1 Å². The lowest BCUT2D eigenvalue weighted by Gasteiger charge is -2.22. The van der Waals surface area contributed by atoms with Crippen molar-refractivity contribution in [1.82, 2.24) is 9.97 Å². The largest absolute Gasteiger partial charge is 0.503 e. The van der Waals surface area contributed by atoms with Crippen molar-refractivity contribution in [3.8, 4) is 0 Å². The monoisotopic (exact) mass is 431 g/mol. The molecule has 0 radical (unpaired) electrons. The Labute approximate surface area is 181 Å². The van der Waals surface area contributed by atoms with Crippen molar-refractivity contribution in [2.75, 3.05) is 4.90 Å². The number of nitrogens with one attached hydrogen (secondary N) is 1. The number of benzene rings is 2. The minimum atomic E-state index is -0.994. The number of rotatable bonds is 6. The Morgan fingerprint density at radius 1 is 1.16 bits per heavy atom. The molecule has 0 saturated heterocycles. The highest BCUT2D eigenvalue weighted by molar-refractivity contribution is 6.16. The van der Waals surface area contributed by atoms with E-state index in [4.69, 9.17) is 4.42 Å². The van der Waals surface area contributed by atoms with E-state index in [1.165, 1.54) is 29.4 Å². The third kappa shape index (κ3) is 3.35. The van der Waals surface area contributed by atoms with Crippen LogP contribution in [0.3, 0.4) is 0 Å². The van der Waals surface area contributed by atoms with Crippen LogP contribution in [0.5, 0.6) is 0 Å². The summed E-state index contributed by atoms with van der Waals surface area (Å²) in [6, 6.07) is 15.7. The predicted molar refractivity (Wildman–Crippen MR) is 114 cm³/mol. The molecule has 1 amide bonds.